The lowest BCUT2D eigenvalue weighted by atomic mass is 9.55. The Labute approximate surface area is 232 Å². The topological polar surface area (TPSA) is 56.1 Å². The van der Waals surface area contributed by atoms with Gasteiger partial charge in [-0.05, 0) is 110 Å². The summed E-state index contributed by atoms with van der Waals surface area (Å²) in [6.07, 6.45) is 6.53. The molecule has 2 aromatic rings. The van der Waals surface area contributed by atoms with Crippen molar-refractivity contribution < 1.29 is 22.4 Å². The van der Waals surface area contributed by atoms with Crippen molar-refractivity contribution in [1.29, 1.82) is 5.26 Å². The Kier molecular flexibility index (Phi) is 7.14. The molecular weight excluding hydrogens is 518 g/mol. The molecule has 1 saturated heterocycles. The van der Waals surface area contributed by atoms with Crippen molar-refractivity contribution >= 4 is 11.6 Å². The Balaban J connectivity index is 1.11. The zero-order chi connectivity index (χ0) is 28.1. The number of rotatable bonds is 8. The van der Waals surface area contributed by atoms with Gasteiger partial charge in [0.1, 0.15) is 11.6 Å². The third-order valence-corrected chi connectivity index (χ3v) is 10.3. The van der Waals surface area contributed by atoms with Crippen LogP contribution in [0, 0.1) is 52.6 Å². The smallest absolute Gasteiger partial charge is 0.261 e. The van der Waals surface area contributed by atoms with Crippen LogP contribution in [0.3, 0.4) is 0 Å². The molecule has 0 bridgehead atoms. The summed E-state index contributed by atoms with van der Waals surface area (Å²) in [5.74, 6) is -2.99. The lowest BCUT2D eigenvalue weighted by Crippen LogP contribution is -2.48. The molecule has 212 valence electrons. The van der Waals surface area contributed by atoms with Gasteiger partial charge in [0.2, 0.25) is 5.91 Å². The lowest BCUT2D eigenvalue weighted by Gasteiger charge is -2.49. The second kappa shape index (κ2) is 10.5. The molecule has 3 saturated carbocycles. The average molecular weight is 554 g/mol. The number of hydrogen-bond donors (Lipinski definition) is 1. The number of nitriles is 1. The fraction of sp³-hybridized carbons (Fsp3) is 0.562. The van der Waals surface area contributed by atoms with E-state index in [2.05, 4.69) is 17.5 Å². The molecule has 3 unspecified atom stereocenters. The third-order valence-electron chi connectivity index (χ3n) is 10.3. The minimum absolute atomic E-state index is 0.100. The molecule has 1 amide bonds. The molecule has 1 aliphatic heterocycles. The SMILES string of the molecule is N#Cc1cccc([C@]23CC[C@@H]([C@H]4CC(C(=O)Nc5cc(F)cc(F)c5)C4CCCN4CCC(F)(F)C4)CC2C3)c1. The summed E-state index contributed by atoms with van der Waals surface area (Å²) < 4.78 is 54.7. The fourth-order valence-corrected chi connectivity index (χ4v) is 8.12. The van der Waals surface area contributed by atoms with Crippen molar-refractivity contribution in [3.05, 3.63) is 65.2 Å². The van der Waals surface area contributed by atoms with Crippen molar-refractivity contribution in [3.8, 4) is 6.07 Å². The van der Waals surface area contributed by atoms with E-state index in [-0.39, 0.29) is 41.8 Å². The molecule has 1 N–H and O–H groups in total. The first-order valence-corrected chi connectivity index (χ1v) is 14.5. The van der Waals surface area contributed by atoms with Gasteiger partial charge in [0.25, 0.3) is 5.92 Å². The van der Waals surface area contributed by atoms with Gasteiger partial charge in [0.05, 0.1) is 18.2 Å². The number of alkyl halides is 2. The van der Waals surface area contributed by atoms with Gasteiger partial charge < -0.3 is 5.32 Å². The highest BCUT2D eigenvalue weighted by Crippen LogP contribution is 2.66. The van der Waals surface area contributed by atoms with Crippen LogP contribution in [0.15, 0.2) is 42.5 Å². The summed E-state index contributed by atoms with van der Waals surface area (Å²) in [5, 5.41) is 12.1. The number of halogens is 4. The molecule has 4 fully saturated rings. The van der Waals surface area contributed by atoms with Crippen LogP contribution in [-0.4, -0.2) is 36.4 Å². The summed E-state index contributed by atoms with van der Waals surface area (Å²) in [5.41, 5.74) is 2.25. The average Bonchev–Trinajstić information content (AvgIpc) is 3.53. The Morgan fingerprint density at radius 1 is 1.10 bits per heavy atom. The minimum atomic E-state index is -2.62. The van der Waals surface area contributed by atoms with E-state index in [9.17, 15) is 27.6 Å². The molecule has 3 aliphatic carbocycles. The summed E-state index contributed by atoms with van der Waals surface area (Å²) in [6.45, 7) is 0.791. The fourth-order valence-electron chi connectivity index (χ4n) is 8.12. The summed E-state index contributed by atoms with van der Waals surface area (Å²) in [7, 11) is 0. The molecule has 6 atom stereocenters. The van der Waals surface area contributed by atoms with E-state index in [1.54, 1.807) is 0 Å². The molecule has 1 heterocycles. The van der Waals surface area contributed by atoms with Gasteiger partial charge in [-0.3, -0.25) is 9.69 Å². The van der Waals surface area contributed by atoms with Crippen molar-refractivity contribution in [2.45, 2.75) is 62.7 Å². The monoisotopic (exact) mass is 553 g/mol. The van der Waals surface area contributed by atoms with E-state index in [0.717, 1.165) is 63.1 Å². The first kappa shape index (κ1) is 27.3. The first-order valence-electron chi connectivity index (χ1n) is 14.5. The van der Waals surface area contributed by atoms with Gasteiger partial charge in [-0.2, -0.15) is 5.26 Å². The zero-order valence-corrected chi connectivity index (χ0v) is 22.5. The number of likely N-dealkylation sites (tertiary alicyclic amines) is 1. The number of anilines is 1. The Morgan fingerprint density at radius 3 is 2.60 bits per heavy atom. The Morgan fingerprint density at radius 2 is 1.90 bits per heavy atom. The van der Waals surface area contributed by atoms with E-state index in [4.69, 9.17) is 0 Å². The molecule has 0 radical (unpaired) electrons. The van der Waals surface area contributed by atoms with Crippen LogP contribution in [0.4, 0.5) is 23.2 Å². The summed E-state index contributed by atoms with van der Waals surface area (Å²) >= 11 is 0. The number of hydrogen-bond acceptors (Lipinski definition) is 3. The molecule has 6 rings (SSSR count). The van der Waals surface area contributed by atoms with Crippen LogP contribution >= 0.6 is 0 Å². The molecule has 0 aromatic heterocycles. The molecule has 4 aliphatic rings. The van der Waals surface area contributed by atoms with E-state index < -0.39 is 17.6 Å². The molecule has 0 spiro atoms. The predicted octanol–water partition coefficient (Wildman–Crippen LogP) is 6.91. The van der Waals surface area contributed by atoms with Crippen LogP contribution < -0.4 is 5.32 Å². The molecule has 40 heavy (non-hydrogen) atoms. The van der Waals surface area contributed by atoms with Crippen molar-refractivity contribution in [2.75, 3.05) is 25.0 Å². The maximum atomic E-state index is 13.7. The number of benzene rings is 2. The maximum absolute atomic E-state index is 13.7. The van der Waals surface area contributed by atoms with Crippen LogP contribution in [0.2, 0.25) is 0 Å². The van der Waals surface area contributed by atoms with Gasteiger partial charge in [-0.1, -0.05) is 12.1 Å². The van der Waals surface area contributed by atoms with Crippen LogP contribution in [0.25, 0.3) is 0 Å². The Hall–Kier alpha value is -2.92. The molecule has 2 aromatic carbocycles. The van der Waals surface area contributed by atoms with Gasteiger partial charge >= 0.3 is 0 Å². The van der Waals surface area contributed by atoms with E-state index in [0.29, 0.717) is 36.4 Å². The van der Waals surface area contributed by atoms with Crippen LogP contribution in [-0.2, 0) is 10.2 Å². The van der Waals surface area contributed by atoms with Crippen molar-refractivity contribution in [1.82, 2.24) is 4.90 Å². The lowest BCUT2D eigenvalue weighted by molar-refractivity contribution is -0.131. The van der Waals surface area contributed by atoms with Crippen LogP contribution in [0.5, 0.6) is 0 Å². The molecule has 8 heteroatoms. The second-order valence-electron chi connectivity index (χ2n) is 12.6. The highest BCUT2D eigenvalue weighted by atomic mass is 19.3. The number of amides is 1. The quantitative estimate of drug-likeness (QED) is 0.362. The predicted molar refractivity (Wildman–Crippen MR) is 144 cm³/mol. The van der Waals surface area contributed by atoms with E-state index >= 15 is 0 Å². The van der Waals surface area contributed by atoms with Gasteiger partial charge in [0.15, 0.2) is 0 Å². The van der Waals surface area contributed by atoms with Gasteiger partial charge in [-0.25, -0.2) is 17.6 Å². The highest BCUT2D eigenvalue weighted by molar-refractivity contribution is 5.93. The van der Waals surface area contributed by atoms with Crippen molar-refractivity contribution in [2.24, 2.45) is 29.6 Å². The largest absolute Gasteiger partial charge is 0.326 e. The van der Waals surface area contributed by atoms with E-state index in [1.807, 2.05) is 23.1 Å². The second-order valence-corrected chi connectivity index (χ2v) is 12.6. The number of carbonyl (C=O) groups excluding carboxylic acids is 1. The molecule has 4 nitrogen and oxygen atoms in total. The maximum Gasteiger partial charge on any atom is 0.261 e. The Bertz CT molecular complexity index is 1310. The number of nitrogens with zero attached hydrogens (tertiary/aromatic N) is 2. The zero-order valence-electron chi connectivity index (χ0n) is 22.5. The number of fused-ring (bicyclic) bond motifs is 1. The number of nitrogens with one attached hydrogen (secondary N) is 1. The third kappa shape index (κ3) is 5.37. The summed E-state index contributed by atoms with van der Waals surface area (Å²) in [6, 6.07) is 13.3. The number of carbonyl (C=O) groups is 1. The highest BCUT2D eigenvalue weighted by Gasteiger charge is 2.60. The normalized spacial score (nSPS) is 32.5. The van der Waals surface area contributed by atoms with Gasteiger partial charge in [-0.15, -0.1) is 0 Å². The van der Waals surface area contributed by atoms with Crippen LogP contribution in [0.1, 0.15) is 62.5 Å². The van der Waals surface area contributed by atoms with Crippen molar-refractivity contribution in [3.63, 3.8) is 0 Å². The first-order chi connectivity index (χ1) is 19.2. The minimum Gasteiger partial charge on any atom is -0.326 e. The summed E-state index contributed by atoms with van der Waals surface area (Å²) in [4.78, 5) is 15.0. The van der Waals surface area contributed by atoms with Gasteiger partial charge in [0, 0.05) is 30.6 Å². The van der Waals surface area contributed by atoms with E-state index in [1.165, 1.54) is 5.56 Å². The molecular formula is C32H35F4N3O. The standard InChI is InChI=1S/C32H35F4N3O/c33-24-13-25(34)15-26(14-24)38-30(40)29-16-28(27(29)5-2-9-39-10-8-32(35,36)19-39)21-6-7-31(17-23(31)12-21)22-4-1-3-20(11-22)18-37/h1,3-4,11,13-15,21,23,27-29H,2,5-10,12,16-17,19H2,(H,38,40)/t21-,23?,27?,28-,29?,31-/m1/s1.